The fourth-order valence-electron chi connectivity index (χ4n) is 4.56. The minimum absolute atomic E-state index is 0.0230. The largest absolute Gasteiger partial charge is 0.490 e. The van der Waals surface area contributed by atoms with Crippen LogP contribution in [0.4, 0.5) is 5.69 Å². The maximum absolute atomic E-state index is 12.1. The van der Waals surface area contributed by atoms with Crippen molar-refractivity contribution in [2.24, 2.45) is 5.41 Å². The van der Waals surface area contributed by atoms with Crippen molar-refractivity contribution in [2.75, 3.05) is 31.7 Å². The third kappa shape index (κ3) is 12.0. The number of carbonyl (C=O) groups is 1. The van der Waals surface area contributed by atoms with E-state index in [0.29, 0.717) is 26.4 Å². The normalized spacial score (nSPS) is 11.2. The molecule has 0 aromatic heterocycles. The molecular formula is C42H55NO5. The topological polar surface area (TPSA) is 66.0 Å². The number of aryl methyl sites for hydroxylation is 5. The zero-order valence-corrected chi connectivity index (χ0v) is 30.9. The van der Waals surface area contributed by atoms with E-state index >= 15 is 0 Å². The number of carbonyl (C=O) groups excluding carboxylic acids is 1. The monoisotopic (exact) mass is 653 g/mol. The molecule has 0 aliphatic heterocycles. The van der Waals surface area contributed by atoms with Crippen molar-refractivity contribution < 1.29 is 23.7 Å². The van der Waals surface area contributed by atoms with Crippen LogP contribution < -0.4 is 24.3 Å². The van der Waals surface area contributed by atoms with Gasteiger partial charge in [-0.05, 0) is 97.7 Å². The summed E-state index contributed by atoms with van der Waals surface area (Å²) in [6, 6.07) is 26.3. The Kier molecular flexibility index (Phi) is 13.5. The second kappa shape index (κ2) is 17.1. The van der Waals surface area contributed by atoms with Crippen LogP contribution >= 0.6 is 0 Å². The number of para-hydroxylation sites is 1. The Hall–Kier alpha value is -4.45. The minimum Gasteiger partial charge on any atom is -0.490 e. The van der Waals surface area contributed by atoms with Crippen LogP contribution in [0.15, 0.2) is 78.9 Å². The highest BCUT2D eigenvalue weighted by Crippen LogP contribution is 2.29. The van der Waals surface area contributed by atoms with Crippen LogP contribution in [0.5, 0.6) is 23.0 Å². The molecule has 0 saturated carbocycles. The molecular weight excluding hydrogens is 598 g/mol. The number of ether oxygens (including phenoxy) is 4. The van der Waals surface area contributed by atoms with Crippen LogP contribution in [-0.2, 0) is 10.2 Å². The molecule has 258 valence electrons. The van der Waals surface area contributed by atoms with Gasteiger partial charge in [-0.25, -0.2) is 0 Å². The van der Waals surface area contributed by atoms with Gasteiger partial charge in [0.1, 0.15) is 49.4 Å². The standard InChI is InChI=1S/C21H27NO3.C21H28O2/c1-15-8-6-7-9-18(15)24-12-13-25-19-14-17(11-10-16(19)2)22-20(23)21(3,4)5;1-15-7-8-16(2)19(13-15)22-11-12-23-20-14-18(21(4,5)6)10-9-17(20)3/h6-11,14H,12-13H2,1-5H3,(H,22,23);7-10,13-14H,11-12H2,1-6H3. The molecule has 0 aliphatic carbocycles. The Morgan fingerprint density at radius 2 is 1.00 bits per heavy atom. The summed E-state index contributed by atoms with van der Waals surface area (Å²) in [6.07, 6.45) is 0. The van der Waals surface area contributed by atoms with Crippen molar-refractivity contribution in [3.63, 3.8) is 0 Å². The Balaban J connectivity index is 0.000000261. The van der Waals surface area contributed by atoms with E-state index in [1.54, 1.807) is 0 Å². The quantitative estimate of drug-likeness (QED) is 0.163. The number of benzene rings is 4. The number of rotatable bonds is 11. The molecule has 0 unspecified atom stereocenters. The van der Waals surface area contributed by atoms with E-state index in [1.165, 1.54) is 11.1 Å². The molecule has 6 nitrogen and oxygen atoms in total. The fourth-order valence-corrected chi connectivity index (χ4v) is 4.56. The highest BCUT2D eigenvalue weighted by Gasteiger charge is 2.21. The molecule has 4 rings (SSSR count). The van der Waals surface area contributed by atoms with Crippen LogP contribution in [0.3, 0.4) is 0 Å². The van der Waals surface area contributed by atoms with Crippen LogP contribution in [0.25, 0.3) is 0 Å². The number of hydrogen-bond donors (Lipinski definition) is 1. The summed E-state index contributed by atoms with van der Waals surface area (Å²) in [6.45, 7) is 24.5. The second-order valence-corrected chi connectivity index (χ2v) is 14.3. The van der Waals surface area contributed by atoms with E-state index < -0.39 is 5.41 Å². The van der Waals surface area contributed by atoms with Gasteiger partial charge in [0, 0.05) is 17.2 Å². The lowest BCUT2D eigenvalue weighted by Gasteiger charge is -2.21. The number of amides is 1. The zero-order valence-electron chi connectivity index (χ0n) is 30.9. The van der Waals surface area contributed by atoms with Gasteiger partial charge in [0.15, 0.2) is 0 Å². The van der Waals surface area contributed by atoms with E-state index in [4.69, 9.17) is 18.9 Å². The van der Waals surface area contributed by atoms with Gasteiger partial charge in [-0.3, -0.25) is 4.79 Å². The molecule has 1 N–H and O–H groups in total. The summed E-state index contributed by atoms with van der Waals surface area (Å²) >= 11 is 0. The number of nitrogens with one attached hydrogen (secondary N) is 1. The zero-order chi connectivity index (χ0) is 35.5. The van der Waals surface area contributed by atoms with Gasteiger partial charge in [0.05, 0.1) is 0 Å². The molecule has 0 radical (unpaired) electrons. The minimum atomic E-state index is -0.437. The average molecular weight is 654 g/mol. The van der Waals surface area contributed by atoms with E-state index in [0.717, 1.165) is 50.9 Å². The number of anilines is 1. The van der Waals surface area contributed by atoms with Gasteiger partial charge in [0.25, 0.3) is 0 Å². The predicted molar refractivity (Wildman–Crippen MR) is 198 cm³/mol. The third-order valence-corrected chi connectivity index (χ3v) is 7.82. The van der Waals surface area contributed by atoms with Crippen molar-refractivity contribution in [3.8, 4) is 23.0 Å². The summed E-state index contributed by atoms with van der Waals surface area (Å²) in [7, 11) is 0. The lowest BCUT2D eigenvalue weighted by atomic mass is 9.86. The molecule has 1 amide bonds. The fraction of sp³-hybridized carbons (Fsp3) is 0.405. The van der Waals surface area contributed by atoms with Crippen molar-refractivity contribution in [1.82, 2.24) is 0 Å². The van der Waals surface area contributed by atoms with Crippen molar-refractivity contribution in [1.29, 1.82) is 0 Å². The lowest BCUT2D eigenvalue weighted by Crippen LogP contribution is -2.27. The Bertz CT molecular complexity index is 1650. The first-order valence-corrected chi connectivity index (χ1v) is 16.7. The smallest absolute Gasteiger partial charge is 0.229 e. The van der Waals surface area contributed by atoms with Gasteiger partial charge < -0.3 is 24.3 Å². The van der Waals surface area contributed by atoms with Gasteiger partial charge >= 0.3 is 0 Å². The molecule has 0 aliphatic rings. The molecule has 0 heterocycles. The summed E-state index contributed by atoms with van der Waals surface area (Å²) < 4.78 is 23.4. The van der Waals surface area contributed by atoms with Gasteiger partial charge in [-0.15, -0.1) is 0 Å². The second-order valence-electron chi connectivity index (χ2n) is 14.3. The molecule has 4 aromatic rings. The summed E-state index contributed by atoms with van der Waals surface area (Å²) in [5, 5.41) is 2.92. The van der Waals surface area contributed by atoms with Crippen molar-refractivity contribution >= 4 is 11.6 Å². The van der Waals surface area contributed by atoms with E-state index in [-0.39, 0.29) is 11.3 Å². The number of hydrogen-bond acceptors (Lipinski definition) is 5. The average Bonchev–Trinajstić information content (AvgIpc) is 3.01. The van der Waals surface area contributed by atoms with Crippen molar-refractivity contribution in [3.05, 3.63) is 112 Å². The Morgan fingerprint density at radius 3 is 1.54 bits per heavy atom. The van der Waals surface area contributed by atoms with E-state index in [9.17, 15) is 4.79 Å². The summed E-state index contributed by atoms with van der Waals surface area (Å²) in [5.41, 5.74) is 7.35. The first kappa shape index (κ1) is 38.0. The van der Waals surface area contributed by atoms with Crippen LogP contribution in [0.2, 0.25) is 0 Å². The molecule has 0 atom stereocenters. The SMILES string of the molecule is Cc1ccc(C)c(OCCOc2cc(C(C)(C)C)ccc2C)c1.Cc1ccccc1OCCOc1cc(NC(=O)C(C)(C)C)ccc1C. The molecule has 0 saturated heterocycles. The Labute approximate surface area is 288 Å². The lowest BCUT2D eigenvalue weighted by molar-refractivity contribution is -0.123. The predicted octanol–water partition coefficient (Wildman–Crippen LogP) is 10.1. The molecule has 48 heavy (non-hydrogen) atoms. The van der Waals surface area contributed by atoms with Crippen LogP contribution in [0, 0.1) is 40.0 Å². The maximum Gasteiger partial charge on any atom is 0.229 e. The molecule has 0 fully saturated rings. The molecule has 4 aromatic carbocycles. The first-order valence-electron chi connectivity index (χ1n) is 16.7. The highest BCUT2D eigenvalue weighted by atomic mass is 16.5. The van der Waals surface area contributed by atoms with E-state index in [1.807, 2.05) is 77.1 Å². The van der Waals surface area contributed by atoms with Crippen LogP contribution in [-0.4, -0.2) is 32.3 Å². The third-order valence-electron chi connectivity index (χ3n) is 7.82. The van der Waals surface area contributed by atoms with Crippen molar-refractivity contribution in [2.45, 2.75) is 81.6 Å². The van der Waals surface area contributed by atoms with Gasteiger partial charge in [0.2, 0.25) is 5.91 Å². The van der Waals surface area contributed by atoms with Gasteiger partial charge in [-0.2, -0.15) is 0 Å². The first-order chi connectivity index (χ1) is 22.5. The van der Waals surface area contributed by atoms with Gasteiger partial charge in [-0.1, -0.05) is 90.1 Å². The molecule has 0 bridgehead atoms. The van der Waals surface area contributed by atoms with Crippen LogP contribution in [0.1, 0.15) is 74.9 Å². The summed E-state index contributed by atoms with van der Waals surface area (Å²) in [5.74, 6) is 3.48. The molecule has 0 spiro atoms. The summed E-state index contributed by atoms with van der Waals surface area (Å²) in [4.78, 5) is 12.1. The van der Waals surface area contributed by atoms with E-state index in [2.05, 4.69) is 83.3 Å². The maximum atomic E-state index is 12.1. The molecule has 6 heteroatoms. The highest BCUT2D eigenvalue weighted by molar-refractivity contribution is 5.94. The Morgan fingerprint density at radius 1 is 0.542 bits per heavy atom.